The van der Waals surface area contributed by atoms with E-state index in [9.17, 15) is 4.79 Å². The van der Waals surface area contributed by atoms with Crippen molar-refractivity contribution in [3.63, 3.8) is 0 Å². The zero-order valence-corrected chi connectivity index (χ0v) is 7.32. The number of nitrogens with zero attached hydrogens (tertiary/aromatic N) is 1. The quantitative estimate of drug-likeness (QED) is 0.617. The summed E-state index contributed by atoms with van der Waals surface area (Å²) in [5.74, 6) is 0.0960. The van der Waals surface area contributed by atoms with E-state index in [4.69, 9.17) is 0 Å². The first-order chi connectivity index (χ1) is 6.27. The molecule has 1 aromatic carbocycles. The monoisotopic (exact) mass is 171 g/mol. The Bertz CT molecular complexity index is 462. The van der Waals surface area contributed by atoms with E-state index in [1.54, 1.807) is 19.3 Å². The molecule has 0 aliphatic rings. The highest BCUT2D eigenvalue weighted by Crippen LogP contribution is 2.14. The molecule has 2 rings (SSSR count). The highest BCUT2D eigenvalue weighted by Gasteiger charge is 1.99. The van der Waals surface area contributed by atoms with Crippen LogP contribution in [-0.2, 0) is 0 Å². The van der Waals surface area contributed by atoms with Crippen molar-refractivity contribution < 1.29 is 4.79 Å². The van der Waals surface area contributed by atoms with Gasteiger partial charge in [0, 0.05) is 23.3 Å². The number of carbonyl (C=O) groups is 1. The normalized spacial score (nSPS) is 10.2. The van der Waals surface area contributed by atoms with Gasteiger partial charge in [-0.05, 0) is 24.4 Å². The molecule has 2 aromatic rings. The minimum Gasteiger partial charge on any atom is -0.295 e. The van der Waals surface area contributed by atoms with Crippen molar-refractivity contribution in [2.45, 2.75) is 6.92 Å². The Hall–Kier alpha value is -1.70. The van der Waals surface area contributed by atoms with Crippen LogP contribution in [-0.4, -0.2) is 10.8 Å². The molecule has 2 nitrogen and oxygen atoms in total. The average molecular weight is 171 g/mol. The summed E-state index contributed by atoms with van der Waals surface area (Å²) in [5.41, 5.74) is 0.749. The van der Waals surface area contributed by atoms with Gasteiger partial charge in [0.25, 0.3) is 0 Å². The Kier molecular flexibility index (Phi) is 1.81. The summed E-state index contributed by atoms with van der Waals surface area (Å²) in [6.45, 7) is 1.57. The van der Waals surface area contributed by atoms with Crippen LogP contribution in [0.25, 0.3) is 10.8 Å². The fourth-order valence-electron chi connectivity index (χ4n) is 1.30. The third-order valence-electron chi connectivity index (χ3n) is 2.05. The largest absolute Gasteiger partial charge is 0.295 e. The van der Waals surface area contributed by atoms with Crippen molar-refractivity contribution in [3.05, 3.63) is 42.2 Å². The first-order valence-electron chi connectivity index (χ1n) is 4.12. The zero-order valence-electron chi connectivity index (χ0n) is 7.32. The average Bonchev–Trinajstić information content (AvgIpc) is 2.17. The van der Waals surface area contributed by atoms with Gasteiger partial charge in [0.15, 0.2) is 5.78 Å². The Morgan fingerprint density at radius 2 is 2.08 bits per heavy atom. The van der Waals surface area contributed by atoms with Crippen molar-refractivity contribution in [1.29, 1.82) is 0 Å². The topological polar surface area (TPSA) is 30.0 Å². The van der Waals surface area contributed by atoms with Gasteiger partial charge in [0.1, 0.15) is 0 Å². The molecule has 13 heavy (non-hydrogen) atoms. The number of aromatic nitrogens is 1. The number of Topliss-reactive ketones (excluding diaryl/α,β-unsaturated/α-hetero) is 1. The third-order valence-corrected chi connectivity index (χ3v) is 2.05. The fraction of sp³-hybridized carbons (Fsp3) is 0.0909. The zero-order chi connectivity index (χ0) is 9.26. The van der Waals surface area contributed by atoms with E-state index in [2.05, 4.69) is 4.98 Å². The van der Waals surface area contributed by atoms with E-state index in [-0.39, 0.29) is 5.78 Å². The van der Waals surface area contributed by atoms with Crippen molar-refractivity contribution >= 4 is 16.6 Å². The number of pyridine rings is 1. The number of fused-ring (bicyclic) bond motifs is 1. The Labute approximate surface area is 76.2 Å². The predicted molar refractivity (Wildman–Crippen MR) is 51.7 cm³/mol. The van der Waals surface area contributed by atoms with Crippen LogP contribution in [0.1, 0.15) is 17.3 Å². The Morgan fingerprint density at radius 3 is 2.85 bits per heavy atom. The lowest BCUT2D eigenvalue weighted by atomic mass is 10.1. The lowest BCUT2D eigenvalue weighted by molar-refractivity contribution is 0.101. The smallest absolute Gasteiger partial charge is 0.159 e. The third kappa shape index (κ3) is 1.43. The van der Waals surface area contributed by atoms with Gasteiger partial charge < -0.3 is 0 Å². The molecule has 0 unspecified atom stereocenters. The minimum atomic E-state index is 0.0960. The van der Waals surface area contributed by atoms with Crippen LogP contribution in [0.3, 0.4) is 0 Å². The van der Waals surface area contributed by atoms with Crippen molar-refractivity contribution in [3.8, 4) is 0 Å². The summed E-state index contributed by atoms with van der Waals surface area (Å²) >= 11 is 0. The van der Waals surface area contributed by atoms with Crippen LogP contribution in [0.5, 0.6) is 0 Å². The van der Waals surface area contributed by atoms with Crippen LogP contribution in [0.2, 0.25) is 0 Å². The minimum absolute atomic E-state index is 0.0960. The van der Waals surface area contributed by atoms with Gasteiger partial charge in [-0.1, -0.05) is 12.1 Å². The maximum Gasteiger partial charge on any atom is 0.159 e. The molecular formula is C11H9NO. The van der Waals surface area contributed by atoms with Gasteiger partial charge in [0.2, 0.25) is 0 Å². The van der Waals surface area contributed by atoms with Crippen molar-refractivity contribution in [2.75, 3.05) is 0 Å². The maximum absolute atomic E-state index is 11.1. The van der Waals surface area contributed by atoms with Gasteiger partial charge in [-0.25, -0.2) is 0 Å². The molecule has 0 amide bonds. The molecule has 0 bridgehead atoms. The second-order valence-corrected chi connectivity index (χ2v) is 2.99. The number of hydrogen-bond acceptors (Lipinski definition) is 2. The summed E-state index contributed by atoms with van der Waals surface area (Å²) in [5, 5.41) is 2.12. The highest BCUT2D eigenvalue weighted by atomic mass is 16.1. The molecule has 0 spiro atoms. The molecule has 0 atom stereocenters. The molecular weight excluding hydrogens is 162 g/mol. The summed E-state index contributed by atoms with van der Waals surface area (Å²) < 4.78 is 0. The van der Waals surface area contributed by atoms with Crippen LogP contribution >= 0.6 is 0 Å². The van der Waals surface area contributed by atoms with E-state index in [0.717, 1.165) is 16.3 Å². The SMILES string of the molecule is CC(=O)c1ccc2cnccc2c1. The molecule has 0 aliphatic heterocycles. The van der Waals surface area contributed by atoms with E-state index in [0.29, 0.717) is 0 Å². The number of ketones is 1. The summed E-state index contributed by atoms with van der Waals surface area (Å²) in [6, 6.07) is 7.53. The second kappa shape index (κ2) is 2.98. The lowest BCUT2D eigenvalue weighted by Crippen LogP contribution is -1.90. The first-order valence-corrected chi connectivity index (χ1v) is 4.12. The van der Waals surface area contributed by atoms with E-state index in [1.165, 1.54) is 0 Å². The second-order valence-electron chi connectivity index (χ2n) is 2.99. The van der Waals surface area contributed by atoms with Gasteiger partial charge in [-0.3, -0.25) is 9.78 Å². The van der Waals surface area contributed by atoms with Crippen molar-refractivity contribution in [2.24, 2.45) is 0 Å². The van der Waals surface area contributed by atoms with Gasteiger partial charge in [0.05, 0.1) is 0 Å². The molecule has 1 heterocycles. The molecule has 0 saturated heterocycles. The first kappa shape index (κ1) is 7.92. The van der Waals surface area contributed by atoms with E-state index < -0.39 is 0 Å². The number of rotatable bonds is 1. The van der Waals surface area contributed by atoms with Crippen LogP contribution < -0.4 is 0 Å². The highest BCUT2D eigenvalue weighted by molar-refractivity contribution is 5.98. The number of hydrogen-bond donors (Lipinski definition) is 0. The molecule has 2 heteroatoms. The lowest BCUT2D eigenvalue weighted by Gasteiger charge is -1.98. The predicted octanol–water partition coefficient (Wildman–Crippen LogP) is 2.44. The molecule has 0 radical (unpaired) electrons. The fourth-order valence-corrected chi connectivity index (χ4v) is 1.30. The Balaban J connectivity index is 2.69. The van der Waals surface area contributed by atoms with E-state index >= 15 is 0 Å². The standard InChI is InChI=1S/C11H9NO/c1-8(13)9-2-3-11-7-12-5-4-10(11)6-9/h2-7H,1H3. The van der Waals surface area contributed by atoms with E-state index in [1.807, 2.05) is 24.3 Å². The summed E-state index contributed by atoms with van der Waals surface area (Å²) in [6.07, 6.45) is 3.52. The number of carbonyl (C=O) groups excluding carboxylic acids is 1. The molecule has 0 aliphatic carbocycles. The molecule has 0 fully saturated rings. The van der Waals surface area contributed by atoms with Crippen LogP contribution in [0.4, 0.5) is 0 Å². The number of benzene rings is 1. The van der Waals surface area contributed by atoms with Crippen LogP contribution in [0, 0.1) is 0 Å². The van der Waals surface area contributed by atoms with Crippen molar-refractivity contribution in [1.82, 2.24) is 4.98 Å². The van der Waals surface area contributed by atoms with Gasteiger partial charge in [-0.2, -0.15) is 0 Å². The van der Waals surface area contributed by atoms with Crippen LogP contribution in [0.15, 0.2) is 36.7 Å². The molecule has 0 saturated carbocycles. The van der Waals surface area contributed by atoms with Gasteiger partial charge >= 0.3 is 0 Å². The molecule has 1 aromatic heterocycles. The summed E-state index contributed by atoms with van der Waals surface area (Å²) in [7, 11) is 0. The molecule has 0 N–H and O–H groups in total. The van der Waals surface area contributed by atoms with Gasteiger partial charge in [-0.15, -0.1) is 0 Å². The Morgan fingerprint density at radius 1 is 1.23 bits per heavy atom. The molecule has 64 valence electrons. The summed E-state index contributed by atoms with van der Waals surface area (Å²) in [4.78, 5) is 15.1. The maximum atomic E-state index is 11.1.